The Bertz CT molecular complexity index is 1140. The smallest absolute Gasteiger partial charge is 0.306 e. The van der Waals surface area contributed by atoms with Crippen LogP contribution in [0.2, 0.25) is 5.04 Å². The van der Waals surface area contributed by atoms with Gasteiger partial charge in [0.25, 0.3) is 8.32 Å². The molecule has 0 saturated carbocycles. The molecule has 0 aliphatic rings. The lowest BCUT2D eigenvalue weighted by molar-refractivity contribution is -0.143. The third-order valence-electron chi connectivity index (χ3n) is 7.31. The zero-order valence-electron chi connectivity index (χ0n) is 24.7. The molecule has 216 valence electrons. The SMILES string of the molecule is CCOC(=O)C[C@@H](CCCO)c1c(OC)cc(CO[Si](c2ccccc2)(c2ccccc2)C(C)(C)C)cc1OC. The first kappa shape index (κ1) is 31.4. The Morgan fingerprint density at radius 1 is 0.900 bits per heavy atom. The number of hydrogen-bond donors (Lipinski definition) is 1. The van der Waals surface area contributed by atoms with Crippen LogP contribution in [0.15, 0.2) is 72.8 Å². The summed E-state index contributed by atoms with van der Waals surface area (Å²) in [5.41, 5.74) is 1.73. The molecule has 1 atom stereocenters. The van der Waals surface area contributed by atoms with Crippen molar-refractivity contribution < 1.29 is 28.5 Å². The quantitative estimate of drug-likeness (QED) is 0.203. The average Bonchev–Trinajstić information content (AvgIpc) is 2.95. The molecule has 0 spiro atoms. The summed E-state index contributed by atoms with van der Waals surface area (Å²) in [6.45, 7) is 9.27. The number of hydrogen-bond acceptors (Lipinski definition) is 6. The topological polar surface area (TPSA) is 74.2 Å². The minimum absolute atomic E-state index is 0.0361. The second-order valence-corrected chi connectivity index (χ2v) is 15.2. The first-order valence-corrected chi connectivity index (χ1v) is 15.9. The molecule has 0 radical (unpaired) electrons. The summed E-state index contributed by atoms with van der Waals surface area (Å²) in [5.74, 6) is 0.761. The highest BCUT2D eigenvalue weighted by Gasteiger charge is 2.50. The van der Waals surface area contributed by atoms with Crippen LogP contribution in [0.25, 0.3) is 0 Å². The number of aliphatic hydroxyl groups is 1. The van der Waals surface area contributed by atoms with E-state index < -0.39 is 8.32 Å². The first-order valence-electron chi connectivity index (χ1n) is 14.0. The highest BCUT2D eigenvalue weighted by Crippen LogP contribution is 2.42. The summed E-state index contributed by atoms with van der Waals surface area (Å²) in [6, 6.07) is 25.0. The number of rotatable bonds is 14. The van der Waals surface area contributed by atoms with E-state index >= 15 is 0 Å². The maximum Gasteiger partial charge on any atom is 0.306 e. The Hall–Kier alpha value is -3.13. The van der Waals surface area contributed by atoms with Crippen molar-refractivity contribution in [1.29, 1.82) is 0 Å². The van der Waals surface area contributed by atoms with Crippen LogP contribution in [-0.2, 0) is 20.6 Å². The predicted octanol–water partition coefficient (Wildman–Crippen LogP) is 5.59. The Labute approximate surface area is 240 Å². The molecule has 0 unspecified atom stereocenters. The summed E-state index contributed by atoms with van der Waals surface area (Å²) in [4.78, 5) is 12.5. The van der Waals surface area contributed by atoms with Gasteiger partial charge in [0, 0.05) is 18.1 Å². The van der Waals surface area contributed by atoms with Gasteiger partial charge in [-0.25, -0.2) is 0 Å². The van der Waals surface area contributed by atoms with Gasteiger partial charge < -0.3 is 23.7 Å². The van der Waals surface area contributed by atoms with Gasteiger partial charge in [0.1, 0.15) is 11.5 Å². The van der Waals surface area contributed by atoms with E-state index in [4.69, 9.17) is 18.6 Å². The highest BCUT2D eigenvalue weighted by atomic mass is 28.4. The molecule has 0 aliphatic carbocycles. The zero-order valence-corrected chi connectivity index (χ0v) is 25.7. The predicted molar refractivity (Wildman–Crippen MR) is 162 cm³/mol. The molecule has 1 N–H and O–H groups in total. The lowest BCUT2D eigenvalue weighted by Gasteiger charge is -2.43. The van der Waals surface area contributed by atoms with Gasteiger partial charge in [-0.05, 0) is 52.9 Å². The molecule has 0 amide bonds. The molecule has 0 aromatic heterocycles. The van der Waals surface area contributed by atoms with Gasteiger partial charge in [-0.3, -0.25) is 4.79 Å². The molecule has 7 heteroatoms. The van der Waals surface area contributed by atoms with Gasteiger partial charge in [0.15, 0.2) is 0 Å². The molecule has 6 nitrogen and oxygen atoms in total. The van der Waals surface area contributed by atoms with Gasteiger partial charge in [0.2, 0.25) is 0 Å². The maximum absolute atomic E-state index is 12.5. The Balaban J connectivity index is 2.07. The molecule has 0 bridgehead atoms. The monoisotopic (exact) mass is 564 g/mol. The van der Waals surface area contributed by atoms with Gasteiger partial charge >= 0.3 is 5.97 Å². The van der Waals surface area contributed by atoms with Gasteiger partial charge in [-0.15, -0.1) is 0 Å². The second kappa shape index (κ2) is 14.5. The van der Waals surface area contributed by atoms with E-state index in [1.54, 1.807) is 21.1 Å². The van der Waals surface area contributed by atoms with E-state index in [9.17, 15) is 9.90 Å². The average molecular weight is 565 g/mol. The van der Waals surface area contributed by atoms with Crippen LogP contribution in [0.1, 0.15) is 64.0 Å². The van der Waals surface area contributed by atoms with Crippen LogP contribution in [0.5, 0.6) is 11.5 Å². The minimum atomic E-state index is -2.74. The highest BCUT2D eigenvalue weighted by molar-refractivity contribution is 6.99. The van der Waals surface area contributed by atoms with Crippen LogP contribution in [-0.4, -0.2) is 46.8 Å². The van der Waals surface area contributed by atoms with Gasteiger partial charge in [-0.1, -0.05) is 81.4 Å². The maximum atomic E-state index is 12.5. The lowest BCUT2D eigenvalue weighted by Crippen LogP contribution is -2.66. The fourth-order valence-electron chi connectivity index (χ4n) is 5.54. The van der Waals surface area contributed by atoms with Crippen LogP contribution >= 0.6 is 0 Å². The zero-order chi connectivity index (χ0) is 29.2. The first-order chi connectivity index (χ1) is 19.2. The number of carbonyl (C=O) groups is 1. The third kappa shape index (κ3) is 7.13. The Kier molecular flexibility index (Phi) is 11.4. The normalized spacial score (nSPS) is 12.6. The van der Waals surface area contributed by atoms with E-state index in [1.807, 2.05) is 24.3 Å². The molecule has 3 aromatic carbocycles. The van der Waals surface area contributed by atoms with Gasteiger partial charge in [-0.2, -0.15) is 0 Å². The molecule has 0 aliphatic heterocycles. The molecule has 3 rings (SSSR count). The number of esters is 1. The van der Waals surface area contributed by atoms with Crippen LogP contribution in [0, 0.1) is 0 Å². The van der Waals surface area contributed by atoms with Crippen molar-refractivity contribution in [3.63, 3.8) is 0 Å². The van der Waals surface area contributed by atoms with Crippen molar-refractivity contribution in [3.8, 4) is 11.5 Å². The standard InChI is InChI=1S/C33H44O6Si/c1-7-38-31(35)23-26(15-14-20-34)32-29(36-5)21-25(22-30(32)37-6)24-39-40(33(2,3)4,27-16-10-8-11-17-27)28-18-12-9-13-19-28/h8-13,16-19,21-22,26,34H,7,14-15,20,23-24H2,1-6H3/t26-/m1/s1. The number of ether oxygens (including phenoxy) is 3. The molecule has 40 heavy (non-hydrogen) atoms. The van der Waals surface area contributed by atoms with Crippen LogP contribution in [0.4, 0.5) is 0 Å². The van der Waals surface area contributed by atoms with Gasteiger partial charge in [0.05, 0.1) is 33.9 Å². The van der Waals surface area contributed by atoms with E-state index in [-0.39, 0.29) is 30.0 Å². The summed E-state index contributed by atoms with van der Waals surface area (Å²) >= 11 is 0. The Morgan fingerprint density at radius 2 is 1.43 bits per heavy atom. The van der Waals surface area contributed by atoms with Crippen molar-refractivity contribution in [3.05, 3.63) is 83.9 Å². The number of carbonyl (C=O) groups excluding carboxylic acids is 1. The van der Waals surface area contributed by atoms with Crippen molar-refractivity contribution >= 4 is 24.7 Å². The number of benzene rings is 3. The second-order valence-electron chi connectivity index (χ2n) is 10.9. The van der Waals surface area contributed by atoms with E-state index in [0.717, 1.165) is 11.1 Å². The summed E-state index contributed by atoms with van der Waals surface area (Å²) in [6.07, 6.45) is 1.33. The molecule has 0 saturated heterocycles. The Morgan fingerprint density at radius 3 is 1.85 bits per heavy atom. The summed E-state index contributed by atoms with van der Waals surface area (Å²) < 4.78 is 24.1. The van der Waals surface area contributed by atoms with E-state index in [0.29, 0.717) is 37.6 Å². The van der Waals surface area contributed by atoms with E-state index in [2.05, 4.69) is 69.3 Å². The van der Waals surface area contributed by atoms with E-state index in [1.165, 1.54) is 10.4 Å². The summed E-state index contributed by atoms with van der Waals surface area (Å²) in [7, 11) is 0.505. The largest absolute Gasteiger partial charge is 0.496 e. The fraction of sp³-hybridized carbons (Fsp3) is 0.424. The number of methoxy groups -OCH3 is 2. The molecule has 0 fully saturated rings. The van der Waals surface area contributed by atoms with Crippen LogP contribution in [0.3, 0.4) is 0 Å². The van der Waals surface area contributed by atoms with Crippen LogP contribution < -0.4 is 19.8 Å². The molecular formula is C33H44O6Si. The van der Waals surface area contributed by atoms with Crippen molar-refractivity contribution in [2.45, 2.75) is 64.5 Å². The van der Waals surface area contributed by atoms with Crippen molar-refractivity contribution in [2.24, 2.45) is 0 Å². The molecule has 0 heterocycles. The minimum Gasteiger partial charge on any atom is -0.496 e. The van der Waals surface area contributed by atoms with Crippen molar-refractivity contribution in [2.75, 3.05) is 27.4 Å². The fourth-order valence-corrected chi connectivity index (χ4v) is 10.1. The molecule has 3 aromatic rings. The molecular weight excluding hydrogens is 520 g/mol. The lowest BCUT2D eigenvalue weighted by atomic mass is 9.89. The summed E-state index contributed by atoms with van der Waals surface area (Å²) in [5, 5.41) is 11.8. The third-order valence-corrected chi connectivity index (χ3v) is 12.3. The number of aliphatic hydroxyl groups excluding tert-OH is 1. The van der Waals surface area contributed by atoms with Crippen molar-refractivity contribution in [1.82, 2.24) is 0 Å².